The Kier molecular flexibility index (Phi) is 3.99. The fraction of sp³-hybridized carbons (Fsp3) is 0.647. The van der Waals surface area contributed by atoms with Crippen LogP contribution in [0.25, 0.3) is 0 Å². The van der Waals surface area contributed by atoms with E-state index in [0.29, 0.717) is 12.1 Å². The second-order valence-electron chi connectivity index (χ2n) is 6.39. The van der Waals surface area contributed by atoms with E-state index in [-0.39, 0.29) is 0 Å². The van der Waals surface area contributed by atoms with Gasteiger partial charge in [-0.1, -0.05) is 12.1 Å². The van der Waals surface area contributed by atoms with E-state index in [1.54, 1.807) is 0 Å². The molecule has 3 unspecified atom stereocenters. The smallest absolute Gasteiger partial charge is 0.0389 e. The Morgan fingerprint density at radius 1 is 1.20 bits per heavy atom. The molecule has 1 N–H and O–H groups in total. The zero-order valence-corrected chi connectivity index (χ0v) is 13.0. The third-order valence-corrected chi connectivity index (χ3v) is 5.10. The number of hydrogen-bond donors (Lipinski definition) is 1. The molecule has 0 aliphatic carbocycles. The van der Waals surface area contributed by atoms with Crippen molar-refractivity contribution >= 4 is 5.69 Å². The Morgan fingerprint density at radius 3 is 2.65 bits per heavy atom. The second kappa shape index (κ2) is 5.74. The molecule has 110 valence electrons. The molecule has 2 aliphatic heterocycles. The molecule has 0 saturated carbocycles. The molecule has 3 heteroatoms. The van der Waals surface area contributed by atoms with Gasteiger partial charge in [0.1, 0.15) is 0 Å². The molecule has 1 aromatic rings. The normalized spacial score (nSPS) is 28.4. The minimum absolute atomic E-state index is 0.424. The van der Waals surface area contributed by atoms with Gasteiger partial charge in [-0.05, 0) is 58.0 Å². The molecule has 3 nitrogen and oxygen atoms in total. The van der Waals surface area contributed by atoms with E-state index in [2.05, 4.69) is 53.2 Å². The van der Waals surface area contributed by atoms with Gasteiger partial charge in [-0.25, -0.2) is 0 Å². The summed E-state index contributed by atoms with van der Waals surface area (Å²) in [6, 6.07) is 11.0. The number of piperazine rings is 1. The minimum atomic E-state index is 0.424. The maximum atomic E-state index is 3.30. The molecule has 0 spiro atoms. The third kappa shape index (κ3) is 2.57. The molecule has 2 aliphatic rings. The number of fused-ring (bicyclic) bond motifs is 1. The highest BCUT2D eigenvalue weighted by Gasteiger charge is 2.34. The van der Waals surface area contributed by atoms with Crippen molar-refractivity contribution in [3.05, 3.63) is 29.8 Å². The Labute approximate surface area is 123 Å². The highest BCUT2D eigenvalue weighted by molar-refractivity contribution is 5.49. The van der Waals surface area contributed by atoms with Gasteiger partial charge < -0.3 is 10.2 Å². The molecule has 0 amide bonds. The highest BCUT2D eigenvalue weighted by Crippen LogP contribution is 2.29. The standard InChI is InChI=1S/C17H27N3/c1-13-11-19-10-4-5-17(19)12-20(13)16-8-6-15(7-9-16)14(2)18-3/h6-9,13-14,17-18H,4-5,10-12H2,1-3H3. The summed E-state index contributed by atoms with van der Waals surface area (Å²) in [5.74, 6) is 0. The molecule has 2 fully saturated rings. The molecular weight excluding hydrogens is 246 g/mol. The molecule has 1 aromatic carbocycles. The molecule has 3 atom stereocenters. The van der Waals surface area contributed by atoms with E-state index < -0.39 is 0 Å². The largest absolute Gasteiger partial charge is 0.366 e. The molecule has 20 heavy (non-hydrogen) atoms. The summed E-state index contributed by atoms with van der Waals surface area (Å²) in [5, 5.41) is 3.30. The van der Waals surface area contributed by atoms with Gasteiger partial charge in [-0.15, -0.1) is 0 Å². The first-order valence-corrected chi connectivity index (χ1v) is 7.97. The summed E-state index contributed by atoms with van der Waals surface area (Å²) in [5.41, 5.74) is 2.75. The van der Waals surface area contributed by atoms with Crippen molar-refractivity contribution in [1.29, 1.82) is 0 Å². The topological polar surface area (TPSA) is 18.5 Å². The lowest BCUT2D eigenvalue weighted by molar-refractivity contribution is 0.203. The van der Waals surface area contributed by atoms with Crippen LogP contribution in [-0.2, 0) is 0 Å². The first-order valence-electron chi connectivity index (χ1n) is 7.97. The Balaban J connectivity index is 1.74. The SMILES string of the molecule is CNC(C)c1ccc(N2CC3CCCN3CC2C)cc1. The minimum Gasteiger partial charge on any atom is -0.366 e. The Bertz CT molecular complexity index is 442. The van der Waals surface area contributed by atoms with Gasteiger partial charge in [-0.3, -0.25) is 4.90 Å². The maximum Gasteiger partial charge on any atom is 0.0389 e. The molecular formula is C17H27N3. The number of rotatable bonds is 3. The van der Waals surface area contributed by atoms with Crippen LogP contribution in [0.1, 0.15) is 38.3 Å². The number of benzene rings is 1. The molecule has 0 bridgehead atoms. The lowest BCUT2D eigenvalue weighted by Crippen LogP contribution is -2.55. The molecule has 3 rings (SSSR count). The Morgan fingerprint density at radius 2 is 1.95 bits per heavy atom. The van der Waals surface area contributed by atoms with Gasteiger partial charge in [0.2, 0.25) is 0 Å². The van der Waals surface area contributed by atoms with Crippen LogP contribution in [0.5, 0.6) is 0 Å². The molecule has 2 saturated heterocycles. The summed E-state index contributed by atoms with van der Waals surface area (Å²) >= 11 is 0. The maximum absolute atomic E-state index is 3.30. The van der Waals surface area contributed by atoms with Gasteiger partial charge in [0, 0.05) is 36.9 Å². The van der Waals surface area contributed by atoms with E-state index in [9.17, 15) is 0 Å². The zero-order valence-electron chi connectivity index (χ0n) is 13.0. The summed E-state index contributed by atoms with van der Waals surface area (Å²) in [6.45, 7) is 8.29. The van der Waals surface area contributed by atoms with E-state index in [0.717, 1.165) is 6.04 Å². The van der Waals surface area contributed by atoms with Crippen LogP contribution in [-0.4, -0.2) is 43.7 Å². The monoisotopic (exact) mass is 273 g/mol. The van der Waals surface area contributed by atoms with Crippen molar-refractivity contribution in [3.8, 4) is 0 Å². The van der Waals surface area contributed by atoms with E-state index in [4.69, 9.17) is 0 Å². The van der Waals surface area contributed by atoms with Crippen LogP contribution < -0.4 is 10.2 Å². The first-order chi connectivity index (χ1) is 9.69. The average molecular weight is 273 g/mol. The van der Waals surface area contributed by atoms with Gasteiger partial charge in [0.05, 0.1) is 0 Å². The molecule has 0 radical (unpaired) electrons. The van der Waals surface area contributed by atoms with Crippen molar-refractivity contribution in [2.45, 2.75) is 44.8 Å². The van der Waals surface area contributed by atoms with Crippen molar-refractivity contribution < 1.29 is 0 Å². The summed E-state index contributed by atoms with van der Waals surface area (Å²) < 4.78 is 0. The number of hydrogen-bond acceptors (Lipinski definition) is 3. The van der Waals surface area contributed by atoms with Crippen LogP contribution in [0, 0.1) is 0 Å². The van der Waals surface area contributed by atoms with Crippen LogP contribution in [0.2, 0.25) is 0 Å². The van der Waals surface area contributed by atoms with Gasteiger partial charge in [-0.2, -0.15) is 0 Å². The van der Waals surface area contributed by atoms with Crippen LogP contribution in [0.3, 0.4) is 0 Å². The molecule has 2 heterocycles. The first kappa shape index (κ1) is 13.9. The second-order valence-corrected chi connectivity index (χ2v) is 6.39. The summed E-state index contributed by atoms with van der Waals surface area (Å²) in [6.07, 6.45) is 2.75. The van der Waals surface area contributed by atoms with Crippen molar-refractivity contribution in [2.75, 3.05) is 31.6 Å². The van der Waals surface area contributed by atoms with Gasteiger partial charge in [0.25, 0.3) is 0 Å². The third-order valence-electron chi connectivity index (χ3n) is 5.10. The van der Waals surface area contributed by atoms with Crippen molar-refractivity contribution in [1.82, 2.24) is 10.2 Å². The fourth-order valence-electron chi connectivity index (χ4n) is 3.67. The number of nitrogens with zero attached hydrogens (tertiary/aromatic N) is 2. The lowest BCUT2D eigenvalue weighted by Gasteiger charge is -2.43. The number of anilines is 1. The van der Waals surface area contributed by atoms with E-state index >= 15 is 0 Å². The van der Waals surface area contributed by atoms with Crippen molar-refractivity contribution in [3.63, 3.8) is 0 Å². The number of nitrogens with one attached hydrogen (secondary N) is 1. The predicted molar refractivity (Wildman–Crippen MR) is 85.3 cm³/mol. The summed E-state index contributed by atoms with van der Waals surface area (Å²) in [4.78, 5) is 5.28. The van der Waals surface area contributed by atoms with Gasteiger partial charge in [0.15, 0.2) is 0 Å². The average Bonchev–Trinajstić information content (AvgIpc) is 2.93. The quantitative estimate of drug-likeness (QED) is 0.913. The predicted octanol–water partition coefficient (Wildman–Crippen LogP) is 2.64. The van der Waals surface area contributed by atoms with E-state index in [1.807, 2.05) is 7.05 Å². The lowest BCUT2D eigenvalue weighted by atomic mass is 10.0. The van der Waals surface area contributed by atoms with Crippen LogP contribution in [0.15, 0.2) is 24.3 Å². The molecule has 0 aromatic heterocycles. The van der Waals surface area contributed by atoms with Crippen LogP contribution >= 0.6 is 0 Å². The highest BCUT2D eigenvalue weighted by atomic mass is 15.3. The Hall–Kier alpha value is -1.06. The van der Waals surface area contributed by atoms with Gasteiger partial charge >= 0.3 is 0 Å². The summed E-state index contributed by atoms with van der Waals surface area (Å²) in [7, 11) is 2.01. The van der Waals surface area contributed by atoms with E-state index in [1.165, 1.54) is 43.7 Å². The fourth-order valence-corrected chi connectivity index (χ4v) is 3.67. The van der Waals surface area contributed by atoms with Crippen molar-refractivity contribution in [2.24, 2.45) is 0 Å². The zero-order chi connectivity index (χ0) is 14.1. The van der Waals surface area contributed by atoms with Crippen LogP contribution in [0.4, 0.5) is 5.69 Å².